The van der Waals surface area contributed by atoms with Gasteiger partial charge in [-0.25, -0.2) is 4.98 Å². The van der Waals surface area contributed by atoms with Crippen molar-refractivity contribution in [3.8, 4) is 11.6 Å². The molecule has 0 bridgehead atoms. The Morgan fingerprint density at radius 3 is 2.47 bits per heavy atom. The van der Waals surface area contributed by atoms with Crippen LogP contribution in [-0.2, 0) is 0 Å². The Kier molecular flexibility index (Phi) is 7.55. The molecule has 1 N–H and O–H groups in total. The normalized spacial score (nSPS) is 9.90. The zero-order valence-corrected chi connectivity index (χ0v) is 16.3. The van der Waals surface area contributed by atoms with Crippen molar-refractivity contribution in [1.29, 1.82) is 0 Å². The number of amides is 1. The molecule has 2 aromatic carbocycles. The molecule has 3 aromatic rings. The Morgan fingerprint density at radius 1 is 1.07 bits per heavy atom. The summed E-state index contributed by atoms with van der Waals surface area (Å²) in [6.07, 6.45) is 1.29. The minimum absolute atomic E-state index is 0. The zero-order chi connectivity index (χ0) is 21.0. The maximum Gasteiger partial charge on any atom is 1.00 e. The van der Waals surface area contributed by atoms with Gasteiger partial charge in [0, 0.05) is 17.8 Å². The summed E-state index contributed by atoms with van der Waals surface area (Å²) in [5, 5.41) is 25.2. The molecule has 1 amide bonds. The quantitative estimate of drug-likeness (QED) is 0.339. The fourth-order valence-electron chi connectivity index (χ4n) is 2.41. The van der Waals surface area contributed by atoms with E-state index in [2.05, 4.69) is 10.3 Å². The van der Waals surface area contributed by atoms with Gasteiger partial charge in [-0.15, -0.1) is 0 Å². The van der Waals surface area contributed by atoms with Crippen LogP contribution in [0.5, 0.6) is 11.6 Å². The molecule has 1 heterocycles. The second-order valence-corrected chi connectivity index (χ2v) is 6.02. The van der Waals surface area contributed by atoms with Gasteiger partial charge >= 0.3 is 24.5 Å². The Bertz CT molecular complexity index is 1120. The third-order valence-electron chi connectivity index (χ3n) is 3.74. The van der Waals surface area contributed by atoms with E-state index < -0.39 is 22.5 Å². The molecule has 0 atom stereocenters. The molecular weight excluding hydrogens is 409 g/mol. The third kappa shape index (κ3) is 5.15. The van der Waals surface area contributed by atoms with Gasteiger partial charge in [0.15, 0.2) is 0 Å². The van der Waals surface area contributed by atoms with Crippen LogP contribution in [0.1, 0.15) is 20.7 Å². The number of benzene rings is 2. The molecule has 1 aromatic heterocycles. The van der Waals surface area contributed by atoms with E-state index in [9.17, 15) is 24.8 Å². The first kappa shape index (κ1) is 22.9. The summed E-state index contributed by atoms with van der Waals surface area (Å²) in [4.78, 5) is 38.0. The largest absolute Gasteiger partial charge is 1.00 e. The summed E-state index contributed by atoms with van der Waals surface area (Å²) >= 11 is 5.97. The Balaban J connectivity index is 0.00000320. The average molecular weight is 420 g/mol. The number of carbonyl (C=O) groups is 2. The van der Waals surface area contributed by atoms with Crippen LogP contribution < -0.4 is 34.0 Å². The number of carboxylic acid groups (broad SMARTS) is 1. The number of hydrogen-bond acceptors (Lipinski definition) is 7. The molecule has 30 heavy (non-hydrogen) atoms. The van der Waals surface area contributed by atoms with Crippen molar-refractivity contribution >= 4 is 34.9 Å². The van der Waals surface area contributed by atoms with Crippen LogP contribution in [0.3, 0.4) is 0 Å². The van der Waals surface area contributed by atoms with E-state index in [0.717, 1.165) is 6.07 Å². The number of carbonyl (C=O) groups excluding carboxylic acids is 2. The molecule has 0 fully saturated rings. The molecule has 0 radical (unpaired) electrons. The van der Waals surface area contributed by atoms with Gasteiger partial charge in [0.05, 0.1) is 27.2 Å². The van der Waals surface area contributed by atoms with E-state index in [-0.39, 0.29) is 52.3 Å². The first-order chi connectivity index (χ1) is 13.9. The average Bonchev–Trinajstić information content (AvgIpc) is 2.69. The molecule has 0 saturated carbocycles. The molecule has 11 heteroatoms. The van der Waals surface area contributed by atoms with E-state index in [1.807, 2.05) is 0 Å². The molecule has 0 saturated heterocycles. The summed E-state index contributed by atoms with van der Waals surface area (Å²) in [5.74, 6) is -2.55. The smallest absolute Gasteiger partial charge is 0.545 e. The van der Waals surface area contributed by atoms with Crippen LogP contribution in [0.2, 0.25) is 5.02 Å². The van der Waals surface area contributed by atoms with Crippen molar-refractivity contribution in [2.45, 2.75) is 0 Å². The maximum absolute atomic E-state index is 12.4. The van der Waals surface area contributed by atoms with Crippen LogP contribution in [0, 0.1) is 10.1 Å². The maximum atomic E-state index is 12.4. The number of hydrogen-bond donors (Lipinski definition) is 1. The fraction of sp³-hybridized carbons (Fsp3) is 0. The van der Waals surface area contributed by atoms with Crippen LogP contribution in [0.15, 0.2) is 60.8 Å². The van der Waals surface area contributed by atoms with E-state index in [4.69, 9.17) is 16.3 Å². The van der Waals surface area contributed by atoms with Gasteiger partial charge in [-0.2, -0.15) is 0 Å². The van der Waals surface area contributed by atoms with Gasteiger partial charge in [0.1, 0.15) is 5.75 Å². The molecule has 0 unspecified atom stereocenters. The predicted molar refractivity (Wildman–Crippen MR) is 101 cm³/mol. The number of aromatic nitrogens is 1. The third-order valence-corrected chi connectivity index (χ3v) is 4.07. The van der Waals surface area contributed by atoms with Gasteiger partial charge in [-0.1, -0.05) is 23.7 Å². The van der Waals surface area contributed by atoms with Crippen LogP contribution >= 0.6 is 11.6 Å². The number of nitro groups is 1. The fourth-order valence-corrected chi connectivity index (χ4v) is 2.63. The van der Waals surface area contributed by atoms with Crippen molar-refractivity contribution < 1.29 is 43.2 Å². The van der Waals surface area contributed by atoms with Crippen LogP contribution in [0.25, 0.3) is 0 Å². The minimum Gasteiger partial charge on any atom is -0.545 e. The minimum atomic E-state index is -1.58. The van der Waals surface area contributed by atoms with Crippen molar-refractivity contribution in [2.75, 3.05) is 5.32 Å². The summed E-state index contributed by atoms with van der Waals surface area (Å²) < 4.78 is 5.35. The number of carboxylic acids is 1. The van der Waals surface area contributed by atoms with Gasteiger partial charge in [0.25, 0.3) is 11.8 Å². The number of nitrogens with one attached hydrogen (secondary N) is 1. The number of aromatic carboxylic acids is 1. The zero-order valence-electron chi connectivity index (χ0n) is 15.5. The van der Waals surface area contributed by atoms with Crippen LogP contribution in [0.4, 0.5) is 11.4 Å². The Labute approximate surface area is 187 Å². The SMILES string of the molecule is O=C(Nc1ccc(Oc2ncccc2[N+](=O)[O-])cc1C(=O)[O-])c1ccccc1Cl.[Li+]. The van der Waals surface area contributed by atoms with Gasteiger partial charge in [-0.05, 0) is 36.4 Å². The van der Waals surface area contributed by atoms with E-state index in [1.54, 1.807) is 12.1 Å². The molecule has 9 nitrogen and oxygen atoms in total. The summed E-state index contributed by atoms with van der Waals surface area (Å²) in [6.45, 7) is 0. The number of rotatable bonds is 6. The van der Waals surface area contributed by atoms with Gasteiger partial charge < -0.3 is 20.0 Å². The Hall–Kier alpha value is -3.38. The van der Waals surface area contributed by atoms with Crippen molar-refractivity contribution in [1.82, 2.24) is 4.98 Å². The number of ether oxygens (including phenoxy) is 1. The molecule has 0 aliphatic rings. The molecule has 3 rings (SSSR count). The molecular formula is C19H11ClLiN3O6. The van der Waals surface area contributed by atoms with Gasteiger partial charge in [0.2, 0.25) is 0 Å². The van der Waals surface area contributed by atoms with Crippen molar-refractivity contribution in [3.05, 3.63) is 87.1 Å². The number of halogens is 1. The van der Waals surface area contributed by atoms with Crippen molar-refractivity contribution in [3.63, 3.8) is 0 Å². The first-order valence-electron chi connectivity index (χ1n) is 8.05. The van der Waals surface area contributed by atoms with Crippen LogP contribution in [-0.4, -0.2) is 21.8 Å². The standard InChI is InChI=1S/C19H12ClN3O6.Li/c20-14-5-2-1-4-12(14)17(24)22-15-8-7-11(10-13(15)19(25)26)29-18-16(23(27)28)6-3-9-21-18;/h1-10H,(H,22,24)(H,25,26);/q;+1/p-1. The second-order valence-electron chi connectivity index (χ2n) is 5.62. The van der Waals surface area contributed by atoms with Crippen molar-refractivity contribution in [2.24, 2.45) is 0 Å². The molecule has 0 aliphatic heterocycles. The second kappa shape index (κ2) is 9.89. The molecule has 0 spiro atoms. The van der Waals surface area contributed by atoms with E-state index in [1.165, 1.54) is 42.6 Å². The van der Waals surface area contributed by atoms with E-state index >= 15 is 0 Å². The monoisotopic (exact) mass is 419 g/mol. The first-order valence-corrected chi connectivity index (χ1v) is 8.43. The topological polar surface area (TPSA) is 134 Å². The summed E-state index contributed by atoms with van der Waals surface area (Å²) in [5.41, 5.74) is -0.680. The summed E-state index contributed by atoms with van der Waals surface area (Å²) in [7, 11) is 0. The number of nitrogens with zero attached hydrogens (tertiary/aromatic N) is 2. The number of anilines is 1. The number of pyridine rings is 1. The van der Waals surface area contributed by atoms with E-state index in [0.29, 0.717) is 0 Å². The predicted octanol–water partition coefficient (Wildman–Crippen LogP) is 0.0553. The Morgan fingerprint density at radius 2 is 1.80 bits per heavy atom. The summed E-state index contributed by atoms with van der Waals surface area (Å²) in [6, 6.07) is 12.5. The molecule has 146 valence electrons. The van der Waals surface area contributed by atoms with Gasteiger partial charge in [-0.3, -0.25) is 14.9 Å². The molecule has 0 aliphatic carbocycles.